The van der Waals surface area contributed by atoms with E-state index in [1.165, 1.54) is 35.6 Å². The van der Waals surface area contributed by atoms with Crippen LogP contribution in [-0.4, -0.2) is 26.0 Å². The number of hydrogen-bond donors (Lipinski definition) is 0. The van der Waals surface area contributed by atoms with Gasteiger partial charge in [0, 0.05) is 4.90 Å². The van der Waals surface area contributed by atoms with Gasteiger partial charge >= 0.3 is 7.25 Å². The van der Waals surface area contributed by atoms with Crippen molar-refractivity contribution in [3.63, 3.8) is 0 Å². The van der Waals surface area contributed by atoms with Crippen LogP contribution in [0.15, 0.2) is 74.0 Å². The van der Waals surface area contributed by atoms with Crippen LogP contribution in [0.25, 0.3) is 22.3 Å². The van der Waals surface area contributed by atoms with Crippen molar-refractivity contribution in [2.45, 2.75) is 13.3 Å². The normalized spacial score (nSPS) is 11.0. The van der Waals surface area contributed by atoms with Crippen molar-refractivity contribution in [1.29, 1.82) is 0 Å². The Morgan fingerprint density at radius 1 is 0.621 bits per heavy atom. The van der Waals surface area contributed by atoms with Gasteiger partial charge in [-0.1, -0.05) is 84.2 Å². The lowest BCUT2D eigenvalue weighted by Crippen LogP contribution is -2.02. The second-order valence-electron chi connectivity index (χ2n) is 5.60. The molecule has 0 saturated carbocycles. The molecule has 0 atom stereocenters. The average molecular weight is 474 g/mol. The summed E-state index contributed by atoms with van der Waals surface area (Å²) < 4.78 is 41.8. The minimum absolute atomic E-state index is 1.30. The molecule has 2 aromatic carbocycles. The number of thioether (sulfide) groups is 3. The molecule has 0 aliphatic rings. The Morgan fingerprint density at radius 3 is 1.24 bits per heavy atom. The Balaban J connectivity index is 0.000000537. The van der Waals surface area contributed by atoms with Crippen LogP contribution in [0.4, 0.5) is 17.3 Å². The van der Waals surface area contributed by atoms with Crippen LogP contribution < -0.4 is 0 Å². The van der Waals surface area contributed by atoms with Gasteiger partial charge in [-0.05, 0) is 29.9 Å². The zero-order chi connectivity index (χ0) is 21.4. The molecule has 9 heteroatoms. The lowest BCUT2D eigenvalue weighted by Gasteiger charge is -2.13. The average Bonchev–Trinajstić information content (AvgIpc) is 2.72. The molecule has 29 heavy (non-hydrogen) atoms. The largest absolute Gasteiger partial charge is 0.673 e. The van der Waals surface area contributed by atoms with Crippen molar-refractivity contribution in [1.82, 2.24) is 0 Å². The Kier molecular flexibility index (Phi) is 9.39. The highest BCUT2D eigenvalue weighted by Crippen LogP contribution is 2.50. The third-order valence-electron chi connectivity index (χ3n) is 3.75. The van der Waals surface area contributed by atoms with E-state index in [0.29, 0.717) is 0 Å². The Hall–Kier alpha value is -1.16. The first kappa shape index (κ1) is 24.1. The summed E-state index contributed by atoms with van der Waals surface area (Å²) in [5.41, 5.74) is 5.34. The SMILES string of the molecule is CSc1[s+]c(SC)c(-c2ccccc2)c(SC)c1-c1ccccc1.F[B-](F)(F)F. The fraction of sp³-hybridized carbons (Fsp3) is 0.150. The molecule has 0 amide bonds. The fourth-order valence-corrected chi connectivity index (χ4v) is 6.79. The van der Waals surface area contributed by atoms with Gasteiger partial charge in [0.15, 0.2) is 0 Å². The Labute approximate surface area is 185 Å². The van der Waals surface area contributed by atoms with Crippen molar-refractivity contribution in [2.24, 2.45) is 0 Å². The monoisotopic (exact) mass is 474 g/mol. The predicted octanol–water partition coefficient (Wildman–Crippen LogP) is 8.83. The van der Waals surface area contributed by atoms with Crippen molar-refractivity contribution in [3.05, 3.63) is 60.7 Å². The molecule has 0 radical (unpaired) electrons. The zero-order valence-corrected chi connectivity index (χ0v) is 19.3. The van der Waals surface area contributed by atoms with Gasteiger partial charge < -0.3 is 17.3 Å². The molecule has 0 spiro atoms. The van der Waals surface area contributed by atoms with E-state index >= 15 is 0 Å². The second-order valence-corrected chi connectivity index (χ2v) is 9.58. The molecule has 0 bridgehead atoms. The first-order chi connectivity index (χ1) is 13.8. The molecule has 0 aliphatic heterocycles. The number of hydrogen-bond acceptors (Lipinski definition) is 3. The number of rotatable bonds is 5. The molecule has 1 heterocycles. The van der Waals surface area contributed by atoms with E-state index in [4.69, 9.17) is 0 Å². The summed E-state index contributed by atoms with van der Waals surface area (Å²) in [5.74, 6) is 0. The highest BCUT2D eigenvalue weighted by atomic mass is 32.2. The van der Waals surface area contributed by atoms with Gasteiger partial charge in [0.2, 0.25) is 11.3 Å². The first-order valence-corrected chi connectivity index (χ1v) is 12.9. The van der Waals surface area contributed by atoms with Crippen LogP contribution in [0.3, 0.4) is 0 Å². The molecule has 0 aliphatic carbocycles. The fourth-order valence-electron chi connectivity index (χ4n) is 2.70. The van der Waals surface area contributed by atoms with Gasteiger partial charge in [-0.15, -0.1) is 11.8 Å². The smallest absolute Gasteiger partial charge is 0.418 e. The van der Waals surface area contributed by atoms with Gasteiger partial charge in [-0.2, -0.15) is 0 Å². The zero-order valence-electron chi connectivity index (χ0n) is 16.0. The maximum Gasteiger partial charge on any atom is 0.673 e. The van der Waals surface area contributed by atoms with Gasteiger partial charge in [-0.3, -0.25) is 0 Å². The molecular weight excluding hydrogens is 455 g/mol. The lowest BCUT2D eigenvalue weighted by molar-refractivity contribution is 0.368. The molecule has 1 aromatic heterocycles. The number of halogens is 4. The van der Waals surface area contributed by atoms with Gasteiger partial charge in [-0.25, -0.2) is 0 Å². The summed E-state index contributed by atoms with van der Waals surface area (Å²) in [6.07, 6.45) is 6.54. The Morgan fingerprint density at radius 2 is 0.966 bits per heavy atom. The predicted molar refractivity (Wildman–Crippen MR) is 125 cm³/mol. The van der Waals surface area contributed by atoms with Crippen LogP contribution in [0, 0.1) is 0 Å². The summed E-state index contributed by atoms with van der Waals surface area (Å²) in [6, 6.07) is 21.5. The highest BCUT2D eigenvalue weighted by molar-refractivity contribution is 8.03. The lowest BCUT2D eigenvalue weighted by atomic mass is 10.0. The van der Waals surface area contributed by atoms with Gasteiger partial charge in [0.1, 0.15) is 0 Å². The van der Waals surface area contributed by atoms with Gasteiger partial charge in [0.25, 0.3) is 8.42 Å². The van der Waals surface area contributed by atoms with Crippen molar-refractivity contribution in [3.8, 4) is 22.3 Å². The van der Waals surface area contributed by atoms with E-state index in [2.05, 4.69) is 79.4 Å². The minimum Gasteiger partial charge on any atom is -0.418 e. The molecule has 0 unspecified atom stereocenters. The van der Waals surface area contributed by atoms with E-state index in [0.717, 1.165) is 0 Å². The third-order valence-corrected chi connectivity index (χ3v) is 7.99. The summed E-state index contributed by atoms with van der Waals surface area (Å²) in [5, 5.41) is 0. The summed E-state index contributed by atoms with van der Waals surface area (Å²) >= 11 is 7.45. The van der Waals surface area contributed by atoms with E-state index in [-0.39, 0.29) is 0 Å². The van der Waals surface area contributed by atoms with E-state index < -0.39 is 7.25 Å². The standard InChI is InChI=1S/C20H19S4.BF4/c1-21-18-16(14-10-6-4-7-11-14)19(22-2)24-20(23-3)17(18)15-12-8-5-9-13-15;2-1(3,4)5/h4-13H,1-3H3;/q+1;-1. The van der Waals surface area contributed by atoms with Crippen molar-refractivity contribution < 1.29 is 17.3 Å². The van der Waals surface area contributed by atoms with Crippen LogP contribution in [-0.2, 0) is 0 Å². The van der Waals surface area contributed by atoms with Crippen molar-refractivity contribution in [2.75, 3.05) is 18.8 Å². The molecular formula is C20H19BF4S4. The van der Waals surface area contributed by atoms with Gasteiger partial charge in [0.05, 0.1) is 11.1 Å². The van der Waals surface area contributed by atoms with E-state index in [1.807, 2.05) is 46.6 Å². The van der Waals surface area contributed by atoms with E-state index in [1.54, 1.807) is 0 Å². The molecule has 0 N–H and O–H groups in total. The molecule has 0 fully saturated rings. The van der Waals surface area contributed by atoms with Crippen LogP contribution >= 0.6 is 46.6 Å². The Bertz CT molecular complexity index is 848. The molecule has 0 saturated heterocycles. The minimum atomic E-state index is -6.00. The molecule has 3 rings (SSSR count). The molecule has 154 valence electrons. The molecule has 0 nitrogen and oxygen atoms in total. The highest BCUT2D eigenvalue weighted by Gasteiger charge is 2.29. The topological polar surface area (TPSA) is 0 Å². The first-order valence-electron chi connectivity index (χ1n) is 8.44. The second kappa shape index (κ2) is 11.3. The van der Waals surface area contributed by atoms with E-state index in [9.17, 15) is 17.3 Å². The maximum absolute atomic E-state index is 9.75. The molecule has 3 aromatic rings. The van der Waals surface area contributed by atoms with Crippen LogP contribution in [0.2, 0.25) is 0 Å². The van der Waals surface area contributed by atoms with Crippen LogP contribution in [0.5, 0.6) is 0 Å². The van der Waals surface area contributed by atoms with Crippen molar-refractivity contribution >= 4 is 53.9 Å². The quantitative estimate of drug-likeness (QED) is 0.157. The summed E-state index contributed by atoms with van der Waals surface area (Å²) in [6.45, 7) is 0. The third kappa shape index (κ3) is 6.95. The maximum atomic E-state index is 9.75. The summed E-state index contributed by atoms with van der Waals surface area (Å²) in [4.78, 5) is 1.37. The van der Waals surface area contributed by atoms with Crippen LogP contribution in [0.1, 0.15) is 0 Å². The summed E-state index contributed by atoms with van der Waals surface area (Å²) in [7, 11) is -6.00. The number of benzene rings is 2.